The molecule has 0 saturated carbocycles. The van der Waals surface area contributed by atoms with E-state index in [0.29, 0.717) is 53.4 Å². The van der Waals surface area contributed by atoms with Gasteiger partial charge in [0.2, 0.25) is 0 Å². The van der Waals surface area contributed by atoms with E-state index < -0.39 is 29.8 Å². The van der Waals surface area contributed by atoms with Gasteiger partial charge in [-0.25, -0.2) is 18.6 Å². The molecule has 0 aliphatic carbocycles. The quantitative estimate of drug-likeness (QED) is 0.0959. The summed E-state index contributed by atoms with van der Waals surface area (Å²) < 4.78 is 51.6. The number of piperazine rings is 1. The average molecular weight is 1120 g/mol. The minimum atomic E-state index is -1.55. The summed E-state index contributed by atoms with van der Waals surface area (Å²) in [5, 5.41) is 29.2. The SMILES string of the molecule is C=C(C(=O)N1CCN(c2nc(OCC3CCCN3C)nc3c(F)c(-c4ccc(F)c5sc(N)c(C#N)c45)c(Cl)cc23)CC1)C(C)Oc1ccc2nc3c(c(CC)c2c1)Cn1c-3cc2c(c1=O)COC(=O)C2O.CC.CC.CC#N. The second kappa shape index (κ2) is 24.1. The highest BCUT2D eigenvalue weighted by molar-refractivity contribution is 7.23. The van der Waals surface area contributed by atoms with E-state index in [1.807, 2.05) is 64.8 Å². The van der Waals surface area contributed by atoms with E-state index in [0.717, 1.165) is 47.2 Å². The number of fused-ring (bicyclic) bond motifs is 7. The number of ether oxygens (including phenoxy) is 3. The number of carbonyl (C=O) groups excluding carboxylic acids is 2. The first-order valence-electron chi connectivity index (χ1n) is 26.3. The smallest absolute Gasteiger partial charge is 0.340 e. The van der Waals surface area contributed by atoms with Gasteiger partial charge in [0.05, 0.1) is 50.4 Å². The Hall–Kier alpha value is -7.75. The largest absolute Gasteiger partial charge is 0.486 e. The summed E-state index contributed by atoms with van der Waals surface area (Å²) in [5.41, 5.74) is 10.2. The zero-order valence-corrected chi connectivity index (χ0v) is 46.9. The van der Waals surface area contributed by atoms with Gasteiger partial charge in [0.25, 0.3) is 11.5 Å². The normalized spacial score (nSPS) is 16.7. The maximum Gasteiger partial charge on any atom is 0.340 e. The molecule has 4 aromatic heterocycles. The molecule has 11 rings (SSSR count). The number of halogens is 3. The van der Waals surface area contributed by atoms with E-state index in [-0.39, 0.29) is 115 Å². The second-order valence-electron chi connectivity index (χ2n) is 18.7. The van der Waals surface area contributed by atoms with Crippen molar-refractivity contribution >= 4 is 77.5 Å². The molecular formula is C58H61ClF2N10O7S. The zero-order chi connectivity index (χ0) is 57.1. The number of likely N-dealkylation sites (N-methyl/N-ethyl adjacent to an activating group) is 1. The van der Waals surface area contributed by atoms with Gasteiger partial charge in [0, 0.05) is 77.6 Å². The number of aliphatic hydroxyl groups excluding tert-OH is 1. The second-order valence-corrected chi connectivity index (χ2v) is 20.2. The number of nitriles is 2. The van der Waals surface area contributed by atoms with Gasteiger partial charge in [0.15, 0.2) is 11.9 Å². The minimum absolute atomic E-state index is 0.0122. The van der Waals surface area contributed by atoms with Crippen molar-refractivity contribution in [1.29, 1.82) is 10.5 Å². The molecule has 79 heavy (non-hydrogen) atoms. The predicted octanol–water partition coefficient (Wildman–Crippen LogP) is 10.0. The number of nitrogens with two attached hydrogens (primary N) is 1. The fourth-order valence-corrected chi connectivity index (χ4v) is 11.8. The number of pyridine rings is 2. The van der Waals surface area contributed by atoms with Crippen LogP contribution in [0.25, 0.3) is 54.4 Å². The van der Waals surface area contributed by atoms with Gasteiger partial charge >= 0.3 is 12.0 Å². The van der Waals surface area contributed by atoms with Crippen LogP contribution in [0.4, 0.5) is 19.6 Å². The Morgan fingerprint density at radius 3 is 2.42 bits per heavy atom. The van der Waals surface area contributed by atoms with Gasteiger partial charge in [-0.15, -0.1) is 11.3 Å². The van der Waals surface area contributed by atoms with E-state index in [4.69, 9.17) is 46.8 Å². The summed E-state index contributed by atoms with van der Waals surface area (Å²) in [4.78, 5) is 60.0. The average Bonchev–Trinajstić information content (AvgIpc) is 4.38. The molecule has 3 atom stereocenters. The van der Waals surface area contributed by atoms with Crippen molar-refractivity contribution in [3.8, 4) is 46.4 Å². The number of rotatable bonds is 10. The molecule has 0 radical (unpaired) electrons. The monoisotopic (exact) mass is 1110 g/mol. The lowest BCUT2D eigenvalue weighted by atomic mass is 9.97. The van der Waals surface area contributed by atoms with Crippen LogP contribution in [0.15, 0.2) is 59.4 Å². The molecule has 21 heteroatoms. The molecule has 2 fully saturated rings. The lowest BCUT2D eigenvalue weighted by Gasteiger charge is -2.36. The van der Waals surface area contributed by atoms with Crippen LogP contribution < -0.4 is 25.7 Å². The van der Waals surface area contributed by atoms with Crippen LogP contribution >= 0.6 is 22.9 Å². The molecule has 2 saturated heterocycles. The van der Waals surface area contributed by atoms with Gasteiger partial charge in [-0.1, -0.05) is 58.9 Å². The number of nitrogen functional groups attached to an aromatic ring is 1. The number of hydrogen-bond acceptors (Lipinski definition) is 16. The molecule has 0 bridgehead atoms. The van der Waals surface area contributed by atoms with Crippen LogP contribution in [0.2, 0.25) is 5.02 Å². The minimum Gasteiger partial charge on any atom is -0.486 e. The van der Waals surface area contributed by atoms with Crippen molar-refractivity contribution in [3.63, 3.8) is 0 Å². The first kappa shape index (κ1) is 57.4. The van der Waals surface area contributed by atoms with Gasteiger partial charge < -0.3 is 44.3 Å². The molecule has 17 nitrogen and oxygen atoms in total. The van der Waals surface area contributed by atoms with Crippen molar-refractivity contribution < 1.29 is 37.7 Å². The molecule has 412 valence electrons. The molecule has 7 aromatic rings. The number of anilines is 2. The summed E-state index contributed by atoms with van der Waals surface area (Å²) >= 11 is 7.84. The van der Waals surface area contributed by atoms with Crippen molar-refractivity contribution in [2.45, 2.75) is 99.1 Å². The maximum atomic E-state index is 17.2. The van der Waals surface area contributed by atoms with Gasteiger partial charge in [0.1, 0.15) is 53.3 Å². The number of aromatic nitrogens is 4. The molecule has 4 aliphatic heterocycles. The van der Waals surface area contributed by atoms with Crippen molar-refractivity contribution in [2.75, 3.05) is 57.0 Å². The fraction of sp³-hybridized carbons (Fsp3) is 0.379. The lowest BCUT2D eigenvalue weighted by molar-refractivity contribution is -0.157. The van der Waals surface area contributed by atoms with Crippen molar-refractivity contribution in [2.24, 2.45) is 0 Å². The van der Waals surface area contributed by atoms with E-state index in [9.17, 15) is 24.8 Å². The Kier molecular flexibility index (Phi) is 17.5. The standard InChI is InChI=1S/C52H46ClF2N9O7S.C2H3N.2C2H6/c1-5-28-30-17-27(8-11-38(30)58-43-34(28)21-64-39(43)19-31-35(50(64)67)23-69-51(68)45(31)65)71-25(3)24(2)49(66)63-15-13-62(14-16-63)48-32-18-36(53)41(29-9-10-37(54)46-40(29)33(20-56)47(57)72-46)42(55)44(32)59-52(60-48)70-22-26-7-6-12-61(26)4;1-2-3;2*1-2/h8-11,17-19,25-26,45,65H,2,5-7,12-16,21-23,57H2,1,3-4H3;1H3;2*1-2H3. The number of esters is 1. The molecule has 0 spiro atoms. The Morgan fingerprint density at radius 1 is 1.03 bits per heavy atom. The summed E-state index contributed by atoms with van der Waals surface area (Å²) in [6.45, 7) is 19.7. The summed E-state index contributed by atoms with van der Waals surface area (Å²) in [7, 11) is 2.02. The molecule has 3 unspecified atom stereocenters. The third-order valence-corrected chi connectivity index (χ3v) is 15.8. The Balaban J connectivity index is 0.00000112. The predicted molar refractivity (Wildman–Crippen MR) is 302 cm³/mol. The van der Waals surface area contributed by atoms with Crippen LogP contribution in [-0.2, 0) is 33.9 Å². The number of hydrogen-bond donors (Lipinski definition) is 2. The molecule has 3 aromatic carbocycles. The highest BCUT2D eigenvalue weighted by Crippen LogP contribution is 2.46. The number of nitrogens with zero attached hydrogens (tertiary/aromatic N) is 9. The Bertz CT molecular complexity index is 3720. The van der Waals surface area contributed by atoms with Crippen LogP contribution in [0.3, 0.4) is 0 Å². The number of benzene rings is 3. The number of aryl methyl sites for hydroxylation is 1. The maximum absolute atomic E-state index is 17.2. The Morgan fingerprint density at radius 2 is 1.75 bits per heavy atom. The first-order chi connectivity index (χ1) is 38.1. The van der Waals surface area contributed by atoms with Crippen molar-refractivity contribution in [1.82, 2.24) is 29.3 Å². The molecule has 3 N–H and O–H groups in total. The fourth-order valence-electron chi connectivity index (χ4n) is 10.5. The number of amides is 1. The Labute approximate surface area is 465 Å². The summed E-state index contributed by atoms with van der Waals surface area (Å²) in [5.74, 6) is -1.66. The van der Waals surface area contributed by atoms with Gasteiger partial charge in [-0.3, -0.25) is 9.59 Å². The number of aliphatic hydroxyl groups is 1. The van der Waals surface area contributed by atoms with Crippen LogP contribution in [0.1, 0.15) is 95.2 Å². The van der Waals surface area contributed by atoms with Gasteiger partial charge in [-0.05, 0) is 87.3 Å². The van der Waals surface area contributed by atoms with E-state index in [2.05, 4.69) is 16.5 Å². The van der Waals surface area contributed by atoms with Gasteiger partial charge in [-0.2, -0.15) is 20.5 Å². The van der Waals surface area contributed by atoms with Crippen LogP contribution in [-0.4, -0.2) is 105 Å². The van der Waals surface area contributed by atoms with E-state index in [1.165, 1.54) is 19.1 Å². The number of likely N-dealkylation sites (tertiary alicyclic amines) is 1. The van der Waals surface area contributed by atoms with Crippen molar-refractivity contribution in [3.05, 3.63) is 109 Å². The molecule has 8 heterocycles. The molecular weight excluding hydrogens is 1050 g/mol. The van der Waals surface area contributed by atoms with E-state index in [1.54, 1.807) is 40.7 Å². The summed E-state index contributed by atoms with van der Waals surface area (Å²) in [6.07, 6.45) is 0.257. The van der Waals surface area contributed by atoms with E-state index >= 15 is 8.78 Å². The topological polar surface area (TPSA) is 226 Å². The number of cyclic esters (lactones) is 1. The van der Waals surface area contributed by atoms with Crippen LogP contribution in [0.5, 0.6) is 11.8 Å². The molecule has 1 amide bonds. The first-order valence-corrected chi connectivity index (χ1v) is 27.5. The summed E-state index contributed by atoms with van der Waals surface area (Å²) in [6, 6.07) is 15.1. The lowest BCUT2D eigenvalue weighted by Crippen LogP contribution is -2.50. The number of carbonyl (C=O) groups is 2. The molecule has 4 aliphatic rings. The third kappa shape index (κ3) is 10.5. The zero-order valence-electron chi connectivity index (χ0n) is 45.3. The highest BCUT2D eigenvalue weighted by Gasteiger charge is 2.36. The van der Waals surface area contributed by atoms with Crippen LogP contribution in [0, 0.1) is 34.3 Å². The number of thiophene rings is 1. The third-order valence-electron chi connectivity index (χ3n) is 14.5. The highest BCUT2D eigenvalue weighted by atomic mass is 35.5.